The summed E-state index contributed by atoms with van der Waals surface area (Å²) in [6.07, 6.45) is 7.95. The van der Waals surface area contributed by atoms with Crippen LogP contribution in [0, 0.1) is 0 Å². The molecular weight excluding hydrogens is 368 g/mol. The zero-order chi connectivity index (χ0) is 19.1. The minimum atomic E-state index is -0.246. The molecule has 1 aromatic carbocycles. The Hall–Kier alpha value is -2.47. The van der Waals surface area contributed by atoms with Gasteiger partial charge in [-0.2, -0.15) is 0 Å². The minimum Gasteiger partial charge on any atom is -0.497 e. The third-order valence-electron chi connectivity index (χ3n) is 4.42. The standard InChI is InChI=1S/C20H23ClN2O4/c1-25-15-7-8-19(17(21)11-15)26-13-16-12-18(23-27-16)20(24)22-10-9-14-5-3-2-4-6-14/h5,7-8,11-12H,2-4,6,9-10,13H2,1H3,(H,22,24). The van der Waals surface area contributed by atoms with Gasteiger partial charge in [-0.25, -0.2) is 0 Å². The lowest BCUT2D eigenvalue weighted by Gasteiger charge is -2.12. The van der Waals surface area contributed by atoms with E-state index < -0.39 is 0 Å². The Labute approximate surface area is 163 Å². The molecule has 0 spiro atoms. The maximum Gasteiger partial charge on any atom is 0.273 e. The number of carbonyl (C=O) groups excluding carboxylic acids is 1. The van der Waals surface area contributed by atoms with Crippen molar-refractivity contribution in [3.63, 3.8) is 0 Å². The number of methoxy groups -OCH3 is 1. The lowest BCUT2D eigenvalue weighted by Crippen LogP contribution is -2.25. The summed E-state index contributed by atoms with van der Waals surface area (Å²) in [6.45, 7) is 0.726. The maximum absolute atomic E-state index is 12.2. The van der Waals surface area contributed by atoms with Crippen molar-refractivity contribution in [1.82, 2.24) is 10.5 Å². The molecule has 7 heteroatoms. The molecule has 144 valence electrons. The van der Waals surface area contributed by atoms with Crippen LogP contribution in [0.5, 0.6) is 11.5 Å². The quantitative estimate of drug-likeness (QED) is 0.670. The number of rotatable bonds is 8. The third-order valence-corrected chi connectivity index (χ3v) is 4.71. The molecule has 3 rings (SSSR count). The number of hydrogen-bond donors (Lipinski definition) is 1. The molecule has 27 heavy (non-hydrogen) atoms. The second-order valence-corrected chi connectivity index (χ2v) is 6.78. The van der Waals surface area contributed by atoms with E-state index in [0.717, 1.165) is 19.3 Å². The van der Waals surface area contributed by atoms with Crippen molar-refractivity contribution in [2.24, 2.45) is 0 Å². The zero-order valence-corrected chi connectivity index (χ0v) is 16.1. The summed E-state index contributed by atoms with van der Waals surface area (Å²) >= 11 is 6.13. The van der Waals surface area contributed by atoms with Crippen molar-refractivity contribution in [3.8, 4) is 11.5 Å². The fourth-order valence-corrected chi connectivity index (χ4v) is 3.15. The van der Waals surface area contributed by atoms with Gasteiger partial charge in [0.25, 0.3) is 5.91 Å². The summed E-state index contributed by atoms with van der Waals surface area (Å²) in [5.41, 5.74) is 1.67. The fraction of sp³-hybridized carbons (Fsp3) is 0.400. The average Bonchev–Trinajstić information content (AvgIpc) is 3.17. The Kier molecular flexibility index (Phi) is 6.76. The molecule has 0 radical (unpaired) electrons. The number of carbonyl (C=O) groups is 1. The Morgan fingerprint density at radius 3 is 2.96 bits per heavy atom. The first-order valence-electron chi connectivity index (χ1n) is 9.04. The van der Waals surface area contributed by atoms with Gasteiger partial charge in [-0.3, -0.25) is 4.79 Å². The topological polar surface area (TPSA) is 73.6 Å². The number of nitrogens with one attached hydrogen (secondary N) is 1. The second-order valence-electron chi connectivity index (χ2n) is 6.38. The van der Waals surface area contributed by atoms with Crippen LogP contribution in [0.2, 0.25) is 5.02 Å². The van der Waals surface area contributed by atoms with E-state index >= 15 is 0 Å². The van der Waals surface area contributed by atoms with Gasteiger partial charge in [-0.15, -0.1) is 0 Å². The normalized spacial score (nSPS) is 13.8. The molecule has 1 heterocycles. The van der Waals surface area contributed by atoms with Gasteiger partial charge in [0.2, 0.25) is 0 Å². The van der Waals surface area contributed by atoms with Crippen LogP contribution in [0.15, 0.2) is 40.4 Å². The van der Waals surface area contributed by atoms with Crippen LogP contribution in [-0.2, 0) is 6.61 Å². The van der Waals surface area contributed by atoms with Gasteiger partial charge >= 0.3 is 0 Å². The summed E-state index contributed by atoms with van der Waals surface area (Å²) in [6, 6.07) is 6.71. The van der Waals surface area contributed by atoms with E-state index in [9.17, 15) is 4.79 Å². The van der Waals surface area contributed by atoms with Crippen LogP contribution in [0.25, 0.3) is 0 Å². The summed E-state index contributed by atoms with van der Waals surface area (Å²) in [4.78, 5) is 12.2. The molecule has 1 aliphatic rings. The van der Waals surface area contributed by atoms with Gasteiger partial charge in [-0.1, -0.05) is 28.4 Å². The first-order chi connectivity index (χ1) is 13.2. The van der Waals surface area contributed by atoms with Crippen molar-refractivity contribution in [2.75, 3.05) is 13.7 Å². The Balaban J connectivity index is 1.47. The van der Waals surface area contributed by atoms with Gasteiger partial charge in [0.1, 0.15) is 18.1 Å². The van der Waals surface area contributed by atoms with Gasteiger partial charge in [-0.05, 0) is 44.2 Å². The number of aromatic nitrogens is 1. The number of benzene rings is 1. The molecule has 0 saturated carbocycles. The Morgan fingerprint density at radius 2 is 2.22 bits per heavy atom. The van der Waals surface area contributed by atoms with Crippen LogP contribution in [0.4, 0.5) is 0 Å². The van der Waals surface area contributed by atoms with Gasteiger partial charge in [0, 0.05) is 18.7 Å². The number of halogens is 1. The molecule has 0 atom stereocenters. The van der Waals surface area contributed by atoms with Crippen LogP contribution in [-0.4, -0.2) is 24.7 Å². The third kappa shape index (κ3) is 5.50. The summed E-state index contributed by atoms with van der Waals surface area (Å²) in [5, 5.41) is 7.12. The van der Waals surface area contributed by atoms with Crippen molar-refractivity contribution < 1.29 is 18.8 Å². The molecule has 6 nitrogen and oxygen atoms in total. The lowest BCUT2D eigenvalue weighted by molar-refractivity contribution is 0.0944. The molecule has 0 fully saturated rings. The zero-order valence-electron chi connectivity index (χ0n) is 15.3. The molecule has 0 bridgehead atoms. The van der Waals surface area contributed by atoms with Gasteiger partial charge < -0.3 is 19.3 Å². The molecule has 1 aliphatic carbocycles. The van der Waals surface area contributed by atoms with E-state index in [1.165, 1.54) is 18.4 Å². The predicted molar refractivity (Wildman–Crippen MR) is 102 cm³/mol. The highest BCUT2D eigenvalue weighted by Gasteiger charge is 2.14. The first-order valence-corrected chi connectivity index (χ1v) is 9.41. The molecule has 0 unspecified atom stereocenters. The SMILES string of the molecule is COc1ccc(OCc2cc(C(=O)NCCC3=CCCCC3)no2)c(Cl)c1. The van der Waals surface area contributed by atoms with Crippen molar-refractivity contribution in [1.29, 1.82) is 0 Å². The highest BCUT2D eigenvalue weighted by atomic mass is 35.5. The van der Waals surface area contributed by atoms with Gasteiger partial charge in [0.05, 0.1) is 12.1 Å². The maximum atomic E-state index is 12.2. The molecule has 2 aromatic rings. The highest BCUT2D eigenvalue weighted by molar-refractivity contribution is 6.32. The van der Waals surface area contributed by atoms with E-state index in [4.69, 9.17) is 25.6 Å². The van der Waals surface area contributed by atoms with Crippen molar-refractivity contribution >= 4 is 17.5 Å². The summed E-state index contributed by atoms with van der Waals surface area (Å²) in [5.74, 6) is 1.35. The van der Waals surface area contributed by atoms with Crippen molar-refractivity contribution in [3.05, 3.63) is 52.4 Å². The second kappa shape index (κ2) is 9.46. The molecule has 1 amide bonds. The first kappa shape index (κ1) is 19.3. The number of ether oxygens (including phenoxy) is 2. The monoisotopic (exact) mass is 390 g/mol. The highest BCUT2D eigenvalue weighted by Crippen LogP contribution is 2.29. The van der Waals surface area contributed by atoms with E-state index in [1.807, 2.05) is 0 Å². The lowest BCUT2D eigenvalue weighted by atomic mass is 9.97. The predicted octanol–water partition coefficient (Wildman–Crippen LogP) is 4.54. The molecule has 0 saturated heterocycles. The minimum absolute atomic E-state index is 0.124. The Bertz CT molecular complexity index is 816. The summed E-state index contributed by atoms with van der Waals surface area (Å²) < 4.78 is 15.9. The molecular formula is C20H23ClN2O4. The largest absolute Gasteiger partial charge is 0.497 e. The van der Waals surface area contributed by atoms with Crippen LogP contribution < -0.4 is 14.8 Å². The smallest absolute Gasteiger partial charge is 0.273 e. The fourth-order valence-electron chi connectivity index (χ4n) is 2.92. The van der Waals surface area contributed by atoms with E-state index in [0.29, 0.717) is 28.8 Å². The van der Waals surface area contributed by atoms with Gasteiger partial charge in [0.15, 0.2) is 11.5 Å². The molecule has 0 aliphatic heterocycles. The van der Waals surface area contributed by atoms with Crippen LogP contribution >= 0.6 is 11.6 Å². The average molecular weight is 391 g/mol. The number of nitrogens with zero attached hydrogens (tertiary/aromatic N) is 1. The van der Waals surface area contributed by atoms with Crippen LogP contribution in [0.3, 0.4) is 0 Å². The number of amides is 1. The van der Waals surface area contributed by atoms with Crippen LogP contribution in [0.1, 0.15) is 48.4 Å². The number of allylic oxidation sites excluding steroid dienone is 1. The Morgan fingerprint density at radius 1 is 1.33 bits per heavy atom. The van der Waals surface area contributed by atoms with E-state index in [2.05, 4.69) is 16.5 Å². The number of hydrogen-bond acceptors (Lipinski definition) is 5. The van der Waals surface area contributed by atoms with E-state index in [1.54, 1.807) is 31.4 Å². The molecule has 1 N–H and O–H groups in total. The summed E-state index contributed by atoms with van der Waals surface area (Å²) in [7, 11) is 1.57. The molecule has 1 aromatic heterocycles. The van der Waals surface area contributed by atoms with Crippen molar-refractivity contribution in [2.45, 2.75) is 38.7 Å². The van der Waals surface area contributed by atoms with E-state index in [-0.39, 0.29) is 18.2 Å².